The highest BCUT2D eigenvalue weighted by Crippen LogP contribution is 2.51. The van der Waals surface area contributed by atoms with Crippen LogP contribution >= 0.6 is 0 Å². The lowest BCUT2D eigenvalue weighted by Gasteiger charge is -2.52. The fourth-order valence-corrected chi connectivity index (χ4v) is 3.31. The number of nitrogens with one attached hydrogen (secondary N) is 1. The van der Waals surface area contributed by atoms with Gasteiger partial charge in [-0.25, -0.2) is 4.79 Å². The molecule has 2 aliphatic carbocycles. The first-order valence-corrected chi connectivity index (χ1v) is 7.06. The zero-order valence-electron chi connectivity index (χ0n) is 11.8. The number of carbonyl (C=O) groups is 1. The molecule has 2 saturated carbocycles. The van der Waals surface area contributed by atoms with Gasteiger partial charge in [-0.05, 0) is 58.3 Å². The Morgan fingerprint density at radius 2 is 2.00 bits per heavy atom. The summed E-state index contributed by atoms with van der Waals surface area (Å²) in [5.41, 5.74) is 5.90. The van der Waals surface area contributed by atoms with Crippen LogP contribution < -0.4 is 11.1 Å². The Bertz CT molecular complexity index is 318. The molecule has 1 spiro atoms. The Hall–Kier alpha value is -0.770. The standard InChI is InChI=1S/C14H26N2O2/c1-13(2,3)18-12(17)16-11-6-5-10(15)9-14(11)7-4-8-14/h10-11H,4-9,15H2,1-3H3,(H,16,17). The molecule has 2 rings (SSSR count). The van der Waals surface area contributed by atoms with Gasteiger partial charge in [0.05, 0.1) is 0 Å². The predicted octanol–water partition coefficient (Wildman–Crippen LogP) is 2.56. The summed E-state index contributed by atoms with van der Waals surface area (Å²) in [4.78, 5) is 11.9. The second kappa shape index (κ2) is 4.72. The van der Waals surface area contributed by atoms with Crippen LogP contribution in [0.15, 0.2) is 0 Å². The molecule has 2 aliphatic rings. The molecule has 2 fully saturated rings. The molecule has 2 atom stereocenters. The fourth-order valence-electron chi connectivity index (χ4n) is 3.31. The Labute approximate surface area is 110 Å². The molecule has 4 heteroatoms. The molecule has 0 saturated heterocycles. The number of carbonyl (C=O) groups excluding carboxylic acids is 1. The van der Waals surface area contributed by atoms with Crippen molar-refractivity contribution in [2.45, 2.75) is 77.0 Å². The van der Waals surface area contributed by atoms with Gasteiger partial charge in [-0.3, -0.25) is 0 Å². The first-order chi connectivity index (χ1) is 8.31. The quantitative estimate of drug-likeness (QED) is 0.756. The van der Waals surface area contributed by atoms with E-state index in [1.54, 1.807) is 0 Å². The highest BCUT2D eigenvalue weighted by molar-refractivity contribution is 5.68. The third-order valence-electron chi connectivity index (χ3n) is 4.27. The maximum Gasteiger partial charge on any atom is 0.407 e. The molecule has 0 bridgehead atoms. The zero-order chi connectivity index (χ0) is 13.4. The molecule has 4 nitrogen and oxygen atoms in total. The number of amides is 1. The minimum atomic E-state index is -0.429. The van der Waals surface area contributed by atoms with Crippen LogP contribution in [-0.2, 0) is 4.74 Å². The van der Waals surface area contributed by atoms with Gasteiger partial charge >= 0.3 is 6.09 Å². The fraction of sp³-hybridized carbons (Fsp3) is 0.929. The van der Waals surface area contributed by atoms with Crippen molar-refractivity contribution in [1.82, 2.24) is 5.32 Å². The van der Waals surface area contributed by atoms with E-state index in [0.29, 0.717) is 6.04 Å². The number of rotatable bonds is 1. The Balaban J connectivity index is 1.93. The maximum absolute atomic E-state index is 11.9. The molecule has 0 heterocycles. The molecule has 0 aliphatic heterocycles. The van der Waals surface area contributed by atoms with E-state index < -0.39 is 5.60 Å². The molecule has 104 valence electrons. The van der Waals surface area contributed by atoms with Crippen LogP contribution in [0.3, 0.4) is 0 Å². The summed E-state index contributed by atoms with van der Waals surface area (Å²) in [5, 5.41) is 3.07. The van der Waals surface area contributed by atoms with Crippen LogP contribution in [0.1, 0.15) is 59.3 Å². The Morgan fingerprint density at radius 3 is 2.50 bits per heavy atom. The van der Waals surface area contributed by atoms with Crippen LogP contribution in [0.25, 0.3) is 0 Å². The van der Waals surface area contributed by atoms with Gasteiger partial charge in [-0.1, -0.05) is 6.42 Å². The van der Waals surface area contributed by atoms with Crippen molar-refractivity contribution in [3.8, 4) is 0 Å². The van der Waals surface area contributed by atoms with E-state index in [1.807, 2.05) is 20.8 Å². The molecule has 18 heavy (non-hydrogen) atoms. The van der Waals surface area contributed by atoms with E-state index in [4.69, 9.17) is 10.5 Å². The van der Waals surface area contributed by atoms with Gasteiger partial charge in [0, 0.05) is 12.1 Å². The van der Waals surface area contributed by atoms with Gasteiger partial charge in [0.25, 0.3) is 0 Å². The van der Waals surface area contributed by atoms with E-state index in [0.717, 1.165) is 19.3 Å². The molecular weight excluding hydrogens is 228 g/mol. The lowest BCUT2D eigenvalue weighted by Crippen LogP contribution is -2.57. The predicted molar refractivity (Wildman–Crippen MR) is 71.3 cm³/mol. The monoisotopic (exact) mass is 254 g/mol. The molecular formula is C14H26N2O2. The van der Waals surface area contributed by atoms with E-state index in [2.05, 4.69) is 5.32 Å². The van der Waals surface area contributed by atoms with Crippen molar-refractivity contribution in [2.24, 2.45) is 11.1 Å². The van der Waals surface area contributed by atoms with E-state index in [9.17, 15) is 4.79 Å². The van der Waals surface area contributed by atoms with Gasteiger partial charge < -0.3 is 15.8 Å². The molecule has 0 aromatic rings. The largest absolute Gasteiger partial charge is 0.444 e. The van der Waals surface area contributed by atoms with Crippen LogP contribution in [0.5, 0.6) is 0 Å². The highest BCUT2D eigenvalue weighted by Gasteiger charge is 2.48. The second-order valence-corrected chi connectivity index (χ2v) is 6.96. The van der Waals surface area contributed by atoms with Crippen molar-refractivity contribution in [3.63, 3.8) is 0 Å². The summed E-state index contributed by atoms with van der Waals surface area (Å²) in [6.45, 7) is 5.67. The van der Waals surface area contributed by atoms with Gasteiger partial charge in [0.2, 0.25) is 0 Å². The van der Waals surface area contributed by atoms with Gasteiger partial charge in [-0.2, -0.15) is 0 Å². The summed E-state index contributed by atoms with van der Waals surface area (Å²) >= 11 is 0. The second-order valence-electron chi connectivity index (χ2n) is 6.96. The highest BCUT2D eigenvalue weighted by atomic mass is 16.6. The van der Waals surface area contributed by atoms with Gasteiger partial charge in [0.15, 0.2) is 0 Å². The van der Waals surface area contributed by atoms with Gasteiger partial charge in [0.1, 0.15) is 5.60 Å². The first-order valence-electron chi connectivity index (χ1n) is 7.06. The van der Waals surface area contributed by atoms with Crippen molar-refractivity contribution in [3.05, 3.63) is 0 Å². The van der Waals surface area contributed by atoms with Crippen LogP contribution in [0.4, 0.5) is 4.79 Å². The Morgan fingerprint density at radius 1 is 1.33 bits per heavy atom. The van der Waals surface area contributed by atoms with Crippen molar-refractivity contribution >= 4 is 6.09 Å². The third kappa shape index (κ3) is 2.97. The van der Waals surface area contributed by atoms with Gasteiger partial charge in [-0.15, -0.1) is 0 Å². The Kier molecular flexibility index (Phi) is 3.58. The summed E-state index contributed by atoms with van der Waals surface area (Å²) in [6.07, 6.45) is 6.41. The van der Waals surface area contributed by atoms with Crippen molar-refractivity contribution in [2.75, 3.05) is 0 Å². The summed E-state index contributed by atoms with van der Waals surface area (Å²) in [7, 11) is 0. The molecule has 1 amide bonds. The number of nitrogens with two attached hydrogens (primary N) is 1. The zero-order valence-corrected chi connectivity index (χ0v) is 11.8. The lowest BCUT2D eigenvalue weighted by molar-refractivity contribution is 0.00731. The topological polar surface area (TPSA) is 64.3 Å². The van der Waals surface area contributed by atoms with Crippen molar-refractivity contribution < 1.29 is 9.53 Å². The summed E-state index contributed by atoms with van der Waals surface area (Å²) in [5.74, 6) is 0. The summed E-state index contributed by atoms with van der Waals surface area (Å²) < 4.78 is 5.35. The lowest BCUT2D eigenvalue weighted by atomic mass is 9.57. The molecule has 0 radical (unpaired) electrons. The average Bonchev–Trinajstić information content (AvgIpc) is 2.15. The maximum atomic E-state index is 11.9. The summed E-state index contributed by atoms with van der Waals surface area (Å²) in [6, 6.07) is 0.558. The molecule has 3 N–H and O–H groups in total. The van der Waals surface area contributed by atoms with Crippen LogP contribution in [0, 0.1) is 5.41 Å². The van der Waals surface area contributed by atoms with E-state index >= 15 is 0 Å². The number of alkyl carbamates (subject to hydrolysis) is 1. The molecule has 0 aromatic carbocycles. The van der Waals surface area contributed by atoms with E-state index in [-0.39, 0.29) is 17.6 Å². The minimum absolute atomic E-state index is 0.251. The average molecular weight is 254 g/mol. The number of hydrogen-bond donors (Lipinski definition) is 2. The minimum Gasteiger partial charge on any atom is -0.444 e. The van der Waals surface area contributed by atoms with Crippen LogP contribution in [0.2, 0.25) is 0 Å². The molecule has 2 unspecified atom stereocenters. The number of hydrogen-bond acceptors (Lipinski definition) is 3. The normalized spacial score (nSPS) is 30.7. The van der Waals surface area contributed by atoms with E-state index in [1.165, 1.54) is 19.3 Å². The first kappa shape index (κ1) is 13.7. The SMILES string of the molecule is CC(C)(C)OC(=O)NC1CCC(N)CC12CCC2. The van der Waals surface area contributed by atoms with Crippen LogP contribution in [-0.4, -0.2) is 23.8 Å². The van der Waals surface area contributed by atoms with Crippen molar-refractivity contribution in [1.29, 1.82) is 0 Å². The molecule has 0 aromatic heterocycles. The third-order valence-corrected chi connectivity index (χ3v) is 4.27. The number of ether oxygens (including phenoxy) is 1. The smallest absolute Gasteiger partial charge is 0.407 e.